The van der Waals surface area contributed by atoms with E-state index in [9.17, 15) is 4.79 Å². The number of hydrogen-bond acceptors (Lipinski definition) is 2. The first-order valence-electron chi connectivity index (χ1n) is 6.98. The van der Waals surface area contributed by atoms with E-state index in [1.807, 2.05) is 24.0 Å². The van der Waals surface area contributed by atoms with Crippen LogP contribution >= 0.6 is 0 Å². The third-order valence-corrected chi connectivity index (χ3v) is 3.54. The molecule has 1 aliphatic rings. The van der Waals surface area contributed by atoms with Gasteiger partial charge in [0.1, 0.15) is 0 Å². The highest BCUT2D eigenvalue weighted by molar-refractivity contribution is 5.93. The fourth-order valence-corrected chi connectivity index (χ4v) is 2.45. The van der Waals surface area contributed by atoms with Gasteiger partial charge in [0.2, 0.25) is 5.91 Å². The molecule has 1 amide bonds. The number of amides is 1. The number of anilines is 1. The standard InChI is InChI=1S/C16H22N2O/c1-3-7-14(2)16(19)18-12-10-17(11-13-18)15-8-5-4-6-9-15/h4-9H,3,10-13H2,1-2H3/b14-7-. The van der Waals surface area contributed by atoms with Crippen molar-refractivity contribution >= 4 is 11.6 Å². The first-order valence-corrected chi connectivity index (χ1v) is 6.98. The van der Waals surface area contributed by atoms with Gasteiger partial charge in [-0.3, -0.25) is 4.79 Å². The van der Waals surface area contributed by atoms with Crippen molar-refractivity contribution in [2.24, 2.45) is 0 Å². The molecule has 0 N–H and O–H groups in total. The number of hydrogen-bond donors (Lipinski definition) is 0. The van der Waals surface area contributed by atoms with Gasteiger partial charge in [0.15, 0.2) is 0 Å². The number of carbonyl (C=O) groups is 1. The number of para-hydroxylation sites is 1. The van der Waals surface area contributed by atoms with Crippen molar-refractivity contribution in [2.45, 2.75) is 20.3 Å². The van der Waals surface area contributed by atoms with Crippen LogP contribution in [0.25, 0.3) is 0 Å². The minimum Gasteiger partial charge on any atom is -0.368 e. The summed E-state index contributed by atoms with van der Waals surface area (Å²) in [5.41, 5.74) is 2.12. The maximum absolute atomic E-state index is 12.2. The molecule has 0 spiro atoms. The summed E-state index contributed by atoms with van der Waals surface area (Å²) in [6.45, 7) is 7.41. The maximum atomic E-state index is 12.2. The smallest absolute Gasteiger partial charge is 0.249 e. The summed E-state index contributed by atoms with van der Waals surface area (Å²) in [4.78, 5) is 16.5. The molecule has 1 fully saturated rings. The summed E-state index contributed by atoms with van der Waals surface area (Å²) < 4.78 is 0. The van der Waals surface area contributed by atoms with Crippen molar-refractivity contribution in [3.8, 4) is 0 Å². The Morgan fingerprint density at radius 2 is 1.79 bits per heavy atom. The summed E-state index contributed by atoms with van der Waals surface area (Å²) in [6, 6.07) is 10.4. The molecule has 1 heterocycles. The van der Waals surface area contributed by atoms with Crippen molar-refractivity contribution in [1.82, 2.24) is 4.90 Å². The highest BCUT2D eigenvalue weighted by atomic mass is 16.2. The number of allylic oxidation sites excluding steroid dienone is 1. The van der Waals surface area contributed by atoms with Gasteiger partial charge in [-0.2, -0.15) is 0 Å². The lowest BCUT2D eigenvalue weighted by Crippen LogP contribution is -2.49. The second kappa shape index (κ2) is 6.41. The van der Waals surface area contributed by atoms with Gasteiger partial charge in [-0.1, -0.05) is 31.2 Å². The van der Waals surface area contributed by atoms with Gasteiger partial charge in [0, 0.05) is 37.4 Å². The molecule has 0 atom stereocenters. The van der Waals surface area contributed by atoms with Gasteiger partial charge in [-0.15, -0.1) is 0 Å². The predicted molar refractivity (Wildman–Crippen MR) is 79.3 cm³/mol. The Bertz CT molecular complexity index is 445. The molecule has 0 saturated carbocycles. The van der Waals surface area contributed by atoms with Crippen LogP contribution in [0.4, 0.5) is 5.69 Å². The van der Waals surface area contributed by atoms with Crippen molar-refractivity contribution in [3.05, 3.63) is 42.0 Å². The molecule has 1 aliphatic heterocycles. The third-order valence-electron chi connectivity index (χ3n) is 3.54. The van der Waals surface area contributed by atoms with Crippen LogP contribution in [0.1, 0.15) is 20.3 Å². The molecular formula is C16H22N2O. The molecule has 0 aromatic heterocycles. The highest BCUT2D eigenvalue weighted by Gasteiger charge is 2.21. The Hall–Kier alpha value is -1.77. The van der Waals surface area contributed by atoms with E-state index in [2.05, 4.69) is 36.1 Å². The lowest BCUT2D eigenvalue weighted by Gasteiger charge is -2.36. The second-order valence-corrected chi connectivity index (χ2v) is 4.91. The minimum absolute atomic E-state index is 0.189. The maximum Gasteiger partial charge on any atom is 0.249 e. The van der Waals surface area contributed by atoms with Crippen LogP contribution in [-0.4, -0.2) is 37.0 Å². The normalized spacial score (nSPS) is 16.6. The minimum atomic E-state index is 0.189. The fraction of sp³-hybridized carbons (Fsp3) is 0.438. The van der Waals surface area contributed by atoms with Crippen LogP contribution in [0.2, 0.25) is 0 Å². The van der Waals surface area contributed by atoms with E-state index >= 15 is 0 Å². The lowest BCUT2D eigenvalue weighted by atomic mass is 10.2. The second-order valence-electron chi connectivity index (χ2n) is 4.91. The monoisotopic (exact) mass is 258 g/mol. The van der Waals surface area contributed by atoms with Gasteiger partial charge in [-0.25, -0.2) is 0 Å². The van der Waals surface area contributed by atoms with Crippen molar-refractivity contribution in [3.63, 3.8) is 0 Å². The SMILES string of the molecule is CC/C=C(/C)C(=O)N1CCN(c2ccccc2)CC1. The largest absolute Gasteiger partial charge is 0.368 e. The molecule has 1 aromatic rings. The zero-order valence-corrected chi connectivity index (χ0v) is 11.8. The molecule has 102 valence electrons. The number of benzene rings is 1. The quantitative estimate of drug-likeness (QED) is 0.778. The fourth-order valence-electron chi connectivity index (χ4n) is 2.45. The Morgan fingerprint density at radius 1 is 1.16 bits per heavy atom. The number of piperazine rings is 1. The molecule has 2 rings (SSSR count). The molecule has 3 nitrogen and oxygen atoms in total. The Kier molecular flexibility index (Phi) is 4.61. The van der Waals surface area contributed by atoms with Crippen LogP contribution in [0.3, 0.4) is 0 Å². The zero-order chi connectivity index (χ0) is 13.7. The first-order chi connectivity index (χ1) is 9.22. The van der Waals surface area contributed by atoms with Crippen LogP contribution in [0, 0.1) is 0 Å². The van der Waals surface area contributed by atoms with E-state index in [1.165, 1.54) is 5.69 Å². The predicted octanol–water partition coefficient (Wildman–Crippen LogP) is 2.69. The molecule has 3 heteroatoms. The Labute approximate surface area is 115 Å². The summed E-state index contributed by atoms with van der Waals surface area (Å²) in [7, 11) is 0. The van der Waals surface area contributed by atoms with Crippen molar-refractivity contribution in [1.29, 1.82) is 0 Å². The van der Waals surface area contributed by atoms with Gasteiger partial charge >= 0.3 is 0 Å². The van der Waals surface area contributed by atoms with E-state index in [4.69, 9.17) is 0 Å². The summed E-state index contributed by atoms with van der Waals surface area (Å²) in [5.74, 6) is 0.189. The van der Waals surface area contributed by atoms with E-state index in [1.54, 1.807) is 0 Å². The van der Waals surface area contributed by atoms with Crippen LogP contribution < -0.4 is 4.90 Å². The van der Waals surface area contributed by atoms with Crippen LogP contribution in [0.5, 0.6) is 0 Å². The van der Waals surface area contributed by atoms with Gasteiger partial charge in [0.05, 0.1) is 0 Å². The van der Waals surface area contributed by atoms with Gasteiger partial charge < -0.3 is 9.80 Å². The third kappa shape index (κ3) is 3.37. The van der Waals surface area contributed by atoms with Crippen molar-refractivity contribution < 1.29 is 4.79 Å². The van der Waals surface area contributed by atoms with E-state index in [-0.39, 0.29) is 5.91 Å². The van der Waals surface area contributed by atoms with E-state index in [0.717, 1.165) is 38.2 Å². The van der Waals surface area contributed by atoms with Gasteiger partial charge in [0.25, 0.3) is 0 Å². The Morgan fingerprint density at radius 3 is 2.37 bits per heavy atom. The molecule has 1 aromatic carbocycles. The average molecular weight is 258 g/mol. The van der Waals surface area contributed by atoms with Crippen molar-refractivity contribution in [2.75, 3.05) is 31.1 Å². The first kappa shape index (κ1) is 13.7. The molecule has 0 aliphatic carbocycles. The molecular weight excluding hydrogens is 236 g/mol. The number of rotatable bonds is 3. The molecule has 0 radical (unpaired) electrons. The van der Waals surface area contributed by atoms with E-state index in [0.29, 0.717) is 0 Å². The summed E-state index contributed by atoms with van der Waals surface area (Å²) in [6.07, 6.45) is 2.92. The molecule has 19 heavy (non-hydrogen) atoms. The topological polar surface area (TPSA) is 23.6 Å². The molecule has 1 saturated heterocycles. The summed E-state index contributed by atoms with van der Waals surface area (Å²) >= 11 is 0. The zero-order valence-electron chi connectivity index (χ0n) is 11.8. The van der Waals surface area contributed by atoms with Gasteiger partial charge in [-0.05, 0) is 25.5 Å². The van der Waals surface area contributed by atoms with Crippen LogP contribution in [-0.2, 0) is 4.79 Å². The Balaban J connectivity index is 1.93. The highest BCUT2D eigenvalue weighted by Crippen LogP contribution is 2.16. The van der Waals surface area contributed by atoms with E-state index < -0.39 is 0 Å². The average Bonchev–Trinajstić information content (AvgIpc) is 2.48. The lowest BCUT2D eigenvalue weighted by molar-refractivity contribution is -0.127. The van der Waals surface area contributed by atoms with Crippen LogP contribution in [0.15, 0.2) is 42.0 Å². The number of nitrogens with zero attached hydrogens (tertiary/aromatic N) is 2. The summed E-state index contributed by atoms with van der Waals surface area (Å²) in [5, 5.41) is 0. The molecule has 0 unspecified atom stereocenters. The number of carbonyl (C=O) groups excluding carboxylic acids is 1. The molecule has 0 bridgehead atoms.